The molecule has 3 heterocycles. The molecule has 1 spiro atoms. The molecule has 5 nitrogen and oxygen atoms in total. The van der Waals surface area contributed by atoms with Gasteiger partial charge in [0.1, 0.15) is 5.60 Å². The fourth-order valence-electron chi connectivity index (χ4n) is 4.64. The van der Waals surface area contributed by atoms with Crippen LogP contribution < -0.4 is 0 Å². The zero-order chi connectivity index (χ0) is 24.5. The van der Waals surface area contributed by atoms with E-state index in [2.05, 4.69) is 4.40 Å². The minimum Gasteiger partial charge on any atom is -0.363 e. The first-order chi connectivity index (χ1) is 15.9. The van der Waals surface area contributed by atoms with Gasteiger partial charge >= 0.3 is 6.18 Å². The molecular formula is C22H19Cl2F3N2O3S2. The summed E-state index contributed by atoms with van der Waals surface area (Å²) < 4.78 is 76.5. The summed E-state index contributed by atoms with van der Waals surface area (Å²) in [6.45, 7) is 2.32. The topological polar surface area (TPSA) is 59.0 Å². The van der Waals surface area contributed by atoms with Crippen molar-refractivity contribution in [1.82, 2.24) is 4.31 Å². The van der Waals surface area contributed by atoms with E-state index < -0.39 is 26.5 Å². The van der Waals surface area contributed by atoms with Gasteiger partial charge in [0.15, 0.2) is 4.75 Å². The van der Waals surface area contributed by atoms with Gasteiger partial charge < -0.3 is 4.74 Å². The van der Waals surface area contributed by atoms with E-state index in [9.17, 15) is 21.6 Å². The number of alkyl halides is 3. The van der Waals surface area contributed by atoms with Gasteiger partial charge in [0.2, 0.25) is 10.0 Å². The molecule has 1 unspecified atom stereocenters. The molecule has 3 aliphatic rings. The van der Waals surface area contributed by atoms with Crippen molar-refractivity contribution in [2.75, 3.05) is 18.8 Å². The first kappa shape index (κ1) is 24.4. The molecule has 2 aromatic rings. The lowest BCUT2D eigenvalue weighted by atomic mass is 9.85. The van der Waals surface area contributed by atoms with Crippen molar-refractivity contribution < 1.29 is 26.3 Å². The summed E-state index contributed by atoms with van der Waals surface area (Å²) in [5.41, 5.74) is 1.84. The van der Waals surface area contributed by atoms with Gasteiger partial charge in [0.05, 0.1) is 18.1 Å². The maximum atomic E-state index is 14.3. The molecule has 0 aromatic heterocycles. The largest absolute Gasteiger partial charge is 0.409 e. The van der Waals surface area contributed by atoms with Crippen molar-refractivity contribution in [2.24, 2.45) is 4.40 Å². The van der Waals surface area contributed by atoms with Gasteiger partial charge in [-0.1, -0.05) is 35.3 Å². The second-order valence-electron chi connectivity index (χ2n) is 8.61. The Hall–Kier alpha value is -1.30. The molecular weight excluding hydrogens is 532 g/mol. The van der Waals surface area contributed by atoms with Gasteiger partial charge in [-0.3, -0.25) is 0 Å². The molecule has 0 saturated carbocycles. The number of benzene rings is 2. The number of fused-ring (bicyclic) bond motifs is 2. The highest BCUT2D eigenvalue weighted by molar-refractivity contribution is 7.99. The van der Waals surface area contributed by atoms with Gasteiger partial charge in [-0.05, 0) is 65.4 Å². The summed E-state index contributed by atoms with van der Waals surface area (Å²) in [5.74, 6) is 0.0190. The Kier molecular flexibility index (Phi) is 5.82. The predicted octanol–water partition coefficient (Wildman–Crippen LogP) is 5.68. The fourth-order valence-corrected chi connectivity index (χ4v) is 7.31. The van der Waals surface area contributed by atoms with Crippen LogP contribution in [-0.4, -0.2) is 43.5 Å². The smallest absolute Gasteiger partial charge is 0.363 e. The second kappa shape index (κ2) is 8.11. The van der Waals surface area contributed by atoms with Crippen molar-refractivity contribution in [3.05, 3.63) is 68.7 Å². The van der Waals surface area contributed by atoms with E-state index in [0.29, 0.717) is 23.2 Å². The highest BCUT2D eigenvalue weighted by Crippen LogP contribution is 2.57. The van der Waals surface area contributed by atoms with Crippen molar-refractivity contribution in [1.29, 1.82) is 0 Å². The molecule has 0 N–H and O–H groups in total. The summed E-state index contributed by atoms with van der Waals surface area (Å²) in [4.78, 5) is 0. The van der Waals surface area contributed by atoms with E-state index in [1.54, 1.807) is 19.1 Å². The standard InChI is InChI=1S/C22H19Cl2F3N2O3S2/c1-2-34(30,31)29-11-20(12-29)18-4-3-13(5-14(18)10-32-20)19-9-21(33-28-19,22(25,26)27)15-6-16(23)8-17(24)7-15/h3-8H,2,9-12H2,1H3. The summed E-state index contributed by atoms with van der Waals surface area (Å²) in [6, 6.07) is 9.27. The van der Waals surface area contributed by atoms with Crippen molar-refractivity contribution in [2.45, 2.75) is 36.5 Å². The first-order valence-corrected chi connectivity index (χ1v) is 13.6. The zero-order valence-electron chi connectivity index (χ0n) is 17.8. The molecule has 34 heavy (non-hydrogen) atoms. The number of halogens is 5. The zero-order valence-corrected chi connectivity index (χ0v) is 21.0. The Bertz CT molecular complexity index is 1290. The SMILES string of the molecule is CCS(=O)(=O)N1CC2(C1)OCc1cc(C3=NSC(c4cc(Cl)cc(Cl)c4)(C(F)(F)F)C3)ccc12. The van der Waals surface area contributed by atoms with Gasteiger partial charge in [-0.2, -0.15) is 17.5 Å². The number of sulfonamides is 1. The van der Waals surface area contributed by atoms with Gasteiger partial charge in [-0.25, -0.2) is 12.8 Å². The first-order valence-electron chi connectivity index (χ1n) is 10.4. The minimum absolute atomic E-state index is 0.0190. The van der Waals surface area contributed by atoms with Crippen LogP contribution in [0, 0.1) is 0 Å². The summed E-state index contributed by atoms with van der Waals surface area (Å²) in [5, 5.41) is 0.250. The second-order valence-corrected chi connectivity index (χ2v) is 12.8. The number of rotatable bonds is 4. The minimum atomic E-state index is -4.60. The molecule has 0 aliphatic carbocycles. The average molecular weight is 551 g/mol. The Morgan fingerprint density at radius 1 is 1.15 bits per heavy atom. The van der Waals surface area contributed by atoms with E-state index in [1.807, 2.05) is 6.07 Å². The lowest BCUT2D eigenvalue weighted by Gasteiger charge is -2.46. The van der Waals surface area contributed by atoms with Crippen LogP contribution in [-0.2, 0) is 31.7 Å². The van der Waals surface area contributed by atoms with Crippen molar-refractivity contribution >= 4 is 50.9 Å². The number of nitrogens with zero attached hydrogens (tertiary/aromatic N) is 2. The molecule has 0 bridgehead atoms. The Morgan fingerprint density at radius 2 is 1.82 bits per heavy atom. The van der Waals surface area contributed by atoms with Crippen LogP contribution in [0.4, 0.5) is 13.2 Å². The third-order valence-corrected chi connectivity index (χ3v) is 10.0. The van der Waals surface area contributed by atoms with E-state index in [1.165, 1.54) is 22.5 Å². The number of ether oxygens (including phenoxy) is 1. The molecule has 1 atom stereocenters. The summed E-state index contributed by atoms with van der Waals surface area (Å²) in [6.07, 6.45) is -4.97. The van der Waals surface area contributed by atoms with E-state index in [4.69, 9.17) is 27.9 Å². The van der Waals surface area contributed by atoms with Crippen LogP contribution in [0.15, 0.2) is 40.8 Å². The van der Waals surface area contributed by atoms with Crippen LogP contribution in [0.3, 0.4) is 0 Å². The lowest BCUT2D eigenvalue weighted by molar-refractivity contribution is -0.159. The monoisotopic (exact) mass is 550 g/mol. The molecule has 0 radical (unpaired) electrons. The maximum absolute atomic E-state index is 14.3. The Labute approximate surface area is 209 Å². The highest BCUT2D eigenvalue weighted by atomic mass is 35.5. The molecule has 12 heteroatoms. The maximum Gasteiger partial charge on any atom is 0.409 e. The Balaban J connectivity index is 1.42. The molecule has 5 rings (SSSR count). The van der Waals surface area contributed by atoms with Gasteiger partial charge in [-0.15, -0.1) is 0 Å². The van der Waals surface area contributed by atoms with Crippen molar-refractivity contribution in [3.63, 3.8) is 0 Å². The summed E-state index contributed by atoms with van der Waals surface area (Å²) in [7, 11) is -3.30. The average Bonchev–Trinajstić information content (AvgIpc) is 3.34. The van der Waals surface area contributed by atoms with E-state index >= 15 is 0 Å². The predicted molar refractivity (Wildman–Crippen MR) is 127 cm³/mol. The van der Waals surface area contributed by atoms with Crippen LogP contribution in [0.25, 0.3) is 0 Å². The van der Waals surface area contributed by atoms with Crippen LogP contribution in [0.1, 0.15) is 35.6 Å². The van der Waals surface area contributed by atoms with Gasteiger partial charge in [0.25, 0.3) is 0 Å². The number of hydrogen-bond donors (Lipinski definition) is 0. The van der Waals surface area contributed by atoms with Crippen molar-refractivity contribution in [3.8, 4) is 0 Å². The molecule has 3 aliphatic heterocycles. The molecule has 1 fully saturated rings. The van der Waals surface area contributed by atoms with Crippen LogP contribution in [0.5, 0.6) is 0 Å². The normalized spacial score (nSPS) is 24.2. The quantitative estimate of drug-likeness (QED) is 0.459. The molecule has 0 amide bonds. The van der Waals surface area contributed by atoms with E-state index in [-0.39, 0.29) is 47.5 Å². The van der Waals surface area contributed by atoms with Crippen LogP contribution >= 0.6 is 35.1 Å². The summed E-state index contributed by atoms with van der Waals surface area (Å²) >= 11 is 12.5. The van der Waals surface area contributed by atoms with E-state index in [0.717, 1.165) is 11.1 Å². The third kappa shape index (κ3) is 3.77. The molecule has 2 aromatic carbocycles. The highest BCUT2D eigenvalue weighted by Gasteiger charge is 2.60. The number of hydrogen-bond acceptors (Lipinski definition) is 5. The fraction of sp³-hybridized carbons (Fsp3) is 0.409. The lowest BCUT2D eigenvalue weighted by Crippen LogP contribution is -2.61. The van der Waals surface area contributed by atoms with Crippen LogP contribution in [0.2, 0.25) is 10.0 Å². The van der Waals surface area contributed by atoms with Gasteiger partial charge in [0, 0.05) is 29.6 Å². The third-order valence-electron chi connectivity index (χ3n) is 6.57. The molecule has 182 valence electrons. The Morgan fingerprint density at radius 3 is 2.44 bits per heavy atom. The molecule has 1 saturated heterocycles.